The van der Waals surface area contributed by atoms with E-state index in [1.54, 1.807) is 0 Å². The van der Waals surface area contributed by atoms with E-state index in [2.05, 4.69) is 17.2 Å². The van der Waals surface area contributed by atoms with Crippen molar-refractivity contribution >= 4 is 17.8 Å². The molecule has 0 saturated heterocycles. The number of esters is 1. The Morgan fingerprint density at radius 1 is 0.694 bits per heavy atom. The first kappa shape index (κ1) is 34.2. The molecule has 212 valence electrons. The van der Waals surface area contributed by atoms with Crippen molar-refractivity contribution in [2.24, 2.45) is 16.5 Å². The minimum atomic E-state index is -0.635. The highest BCUT2D eigenvalue weighted by Crippen LogP contribution is 2.14. The first-order valence-corrected chi connectivity index (χ1v) is 15.0. The highest BCUT2D eigenvalue weighted by atomic mass is 16.5. The van der Waals surface area contributed by atoms with E-state index in [4.69, 9.17) is 16.2 Å². The molecular formula is C29H58N4O3. The van der Waals surface area contributed by atoms with Crippen LogP contribution in [0.1, 0.15) is 149 Å². The Morgan fingerprint density at radius 2 is 1.17 bits per heavy atom. The standard InChI is InChI=1S/C29H58N4O3/c1-3-5-6-7-8-9-10-11-12-13-14-15-16-17-18-19-20-23-27(34)33-26(28(35)36-25-4-2)22-21-24-32-29(30)31/h26H,3-25H2,1-2H3,(H,33,34)(H4,30,31,32)/t26-/m0/s1. The molecule has 0 unspecified atom stereocenters. The van der Waals surface area contributed by atoms with Crippen molar-refractivity contribution in [2.45, 2.75) is 155 Å². The van der Waals surface area contributed by atoms with Crippen molar-refractivity contribution in [3.05, 3.63) is 0 Å². The van der Waals surface area contributed by atoms with Gasteiger partial charge in [-0.05, 0) is 25.7 Å². The molecule has 0 fully saturated rings. The normalized spacial score (nSPS) is 11.7. The van der Waals surface area contributed by atoms with Gasteiger partial charge >= 0.3 is 5.97 Å². The van der Waals surface area contributed by atoms with E-state index in [1.807, 2.05) is 6.92 Å². The van der Waals surface area contributed by atoms with Crippen LogP contribution in [0, 0.1) is 0 Å². The third kappa shape index (κ3) is 23.9. The molecule has 0 aromatic heterocycles. The number of carbonyl (C=O) groups is 2. The third-order valence-electron chi connectivity index (χ3n) is 6.52. The molecule has 0 heterocycles. The van der Waals surface area contributed by atoms with E-state index < -0.39 is 6.04 Å². The number of nitrogens with one attached hydrogen (secondary N) is 1. The SMILES string of the molecule is CCCCCCCCCCCCCCCCCCCC(=O)N[C@@H](CCCN=C(N)N)C(=O)OCCC. The summed E-state index contributed by atoms with van der Waals surface area (Å²) < 4.78 is 5.23. The lowest BCUT2D eigenvalue weighted by atomic mass is 10.0. The van der Waals surface area contributed by atoms with Crippen molar-refractivity contribution in [3.8, 4) is 0 Å². The molecule has 0 saturated carbocycles. The maximum Gasteiger partial charge on any atom is 0.328 e. The number of ether oxygens (including phenoxy) is 1. The summed E-state index contributed by atoms with van der Waals surface area (Å²) in [4.78, 5) is 28.6. The number of unbranched alkanes of at least 4 members (excludes halogenated alkanes) is 16. The Labute approximate surface area is 222 Å². The summed E-state index contributed by atoms with van der Waals surface area (Å²) in [5.74, 6) is -0.434. The van der Waals surface area contributed by atoms with Crippen molar-refractivity contribution in [1.82, 2.24) is 5.32 Å². The molecule has 0 radical (unpaired) electrons. The summed E-state index contributed by atoms with van der Waals surface area (Å²) in [7, 11) is 0. The summed E-state index contributed by atoms with van der Waals surface area (Å²) in [5, 5.41) is 2.84. The van der Waals surface area contributed by atoms with Gasteiger partial charge in [-0.2, -0.15) is 0 Å². The number of nitrogens with two attached hydrogens (primary N) is 2. The van der Waals surface area contributed by atoms with E-state index in [0.29, 0.717) is 32.4 Å². The van der Waals surface area contributed by atoms with E-state index in [0.717, 1.165) is 19.3 Å². The lowest BCUT2D eigenvalue weighted by Crippen LogP contribution is -2.42. The molecule has 1 amide bonds. The molecule has 7 nitrogen and oxygen atoms in total. The number of aliphatic imine (C=N–C) groups is 1. The number of rotatable bonds is 26. The van der Waals surface area contributed by atoms with Crippen LogP contribution >= 0.6 is 0 Å². The minimum Gasteiger partial charge on any atom is -0.464 e. The van der Waals surface area contributed by atoms with E-state index in [-0.39, 0.29) is 17.8 Å². The van der Waals surface area contributed by atoms with Crippen molar-refractivity contribution in [3.63, 3.8) is 0 Å². The van der Waals surface area contributed by atoms with Crippen molar-refractivity contribution in [2.75, 3.05) is 13.2 Å². The minimum absolute atomic E-state index is 0.0305. The van der Waals surface area contributed by atoms with Crippen LogP contribution in [0.3, 0.4) is 0 Å². The zero-order valence-corrected chi connectivity index (χ0v) is 23.7. The van der Waals surface area contributed by atoms with Crippen LogP contribution in [0.5, 0.6) is 0 Å². The second kappa shape index (κ2) is 26.3. The summed E-state index contributed by atoms with van der Waals surface area (Å²) in [6.07, 6.45) is 24.6. The van der Waals surface area contributed by atoms with Gasteiger partial charge in [-0.15, -0.1) is 0 Å². The predicted octanol–water partition coefficient (Wildman–Crippen LogP) is 6.52. The van der Waals surface area contributed by atoms with Gasteiger partial charge in [-0.3, -0.25) is 9.79 Å². The lowest BCUT2D eigenvalue weighted by Gasteiger charge is -2.17. The Balaban J connectivity index is 3.72. The molecule has 0 spiro atoms. The monoisotopic (exact) mass is 510 g/mol. The molecule has 0 aromatic carbocycles. The maximum absolute atomic E-state index is 12.3. The van der Waals surface area contributed by atoms with Crippen LogP contribution in [0.25, 0.3) is 0 Å². The molecule has 1 atom stereocenters. The van der Waals surface area contributed by atoms with E-state index >= 15 is 0 Å². The number of nitrogens with zero attached hydrogens (tertiary/aromatic N) is 1. The van der Waals surface area contributed by atoms with Gasteiger partial charge in [0.2, 0.25) is 5.91 Å². The summed E-state index contributed by atoms with van der Waals surface area (Å²) >= 11 is 0. The van der Waals surface area contributed by atoms with E-state index in [9.17, 15) is 9.59 Å². The van der Waals surface area contributed by atoms with Crippen LogP contribution in [0.4, 0.5) is 0 Å². The number of guanidine groups is 1. The summed E-state index contributed by atoms with van der Waals surface area (Å²) in [5.41, 5.74) is 10.7. The quantitative estimate of drug-likeness (QED) is 0.0529. The Kier molecular flexibility index (Phi) is 25.0. The molecule has 5 N–H and O–H groups in total. The first-order chi connectivity index (χ1) is 17.5. The molecule has 0 aliphatic heterocycles. The summed E-state index contributed by atoms with van der Waals surface area (Å²) in [6.45, 7) is 5.00. The van der Waals surface area contributed by atoms with Gasteiger partial charge in [0.15, 0.2) is 5.96 Å². The Morgan fingerprint density at radius 3 is 1.61 bits per heavy atom. The fraction of sp³-hybridized carbons (Fsp3) is 0.897. The molecular weight excluding hydrogens is 452 g/mol. The van der Waals surface area contributed by atoms with Crippen molar-refractivity contribution in [1.29, 1.82) is 0 Å². The van der Waals surface area contributed by atoms with Crippen LogP contribution in [0.15, 0.2) is 4.99 Å². The van der Waals surface area contributed by atoms with Crippen molar-refractivity contribution < 1.29 is 14.3 Å². The molecule has 0 aliphatic carbocycles. The van der Waals surface area contributed by atoms with Gasteiger partial charge in [-0.25, -0.2) is 4.79 Å². The molecule has 7 heteroatoms. The fourth-order valence-electron chi connectivity index (χ4n) is 4.33. The highest BCUT2D eigenvalue weighted by molar-refractivity contribution is 5.84. The predicted molar refractivity (Wildman–Crippen MR) is 152 cm³/mol. The largest absolute Gasteiger partial charge is 0.464 e. The average Bonchev–Trinajstić information content (AvgIpc) is 2.86. The number of amides is 1. The first-order valence-electron chi connectivity index (χ1n) is 15.0. The second-order valence-electron chi connectivity index (χ2n) is 10.1. The number of carbonyl (C=O) groups excluding carboxylic acids is 2. The van der Waals surface area contributed by atoms with Gasteiger partial charge < -0.3 is 21.5 Å². The van der Waals surface area contributed by atoms with Gasteiger partial charge in [0.25, 0.3) is 0 Å². The van der Waals surface area contributed by atoms with Gasteiger partial charge in [0.05, 0.1) is 6.61 Å². The van der Waals surface area contributed by atoms with Gasteiger partial charge in [0.1, 0.15) is 6.04 Å². The number of hydrogen-bond donors (Lipinski definition) is 3. The van der Waals surface area contributed by atoms with Gasteiger partial charge in [0, 0.05) is 13.0 Å². The zero-order chi connectivity index (χ0) is 26.7. The molecule has 0 aliphatic rings. The fourth-order valence-corrected chi connectivity index (χ4v) is 4.33. The Hall–Kier alpha value is -1.79. The molecule has 0 rings (SSSR count). The smallest absolute Gasteiger partial charge is 0.328 e. The third-order valence-corrected chi connectivity index (χ3v) is 6.52. The van der Waals surface area contributed by atoms with Crippen LogP contribution in [-0.2, 0) is 14.3 Å². The Bertz CT molecular complexity index is 551. The number of hydrogen-bond acceptors (Lipinski definition) is 4. The molecule has 0 bridgehead atoms. The topological polar surface area (TPSA) is 120 Å². The molecule has 36 heavy (non-hydrogen) atoms. The van der Waals surface area contributed by atoms with E-state index in [1.165, 1.54) is 96.3 Å². The highest BCUT2D eigenvalue weighted by Gasteiger charge is 2.21. The average molecular weight is 511 g/mol. The van der Waals surface area contributed by atoms with Crippen LogP contribution in [0.2, 0.25) is 0 Å². The zero-order valence-electron chi connectivity index (χ0n) is 23.7. The lowest BCUT2D eigenvalue weighted by molar-refractivity contribution is -0.148. The summed E-state index contributed by atoms with van der Waals surface area (Å²) in [6, 6.07) is -0.635. The van der Waals surface area contributed by atoms with Crippen LogP contribution < -0.4 is 16.8 Å². The second-order valence-corrected chi connectivity index (χ2v) is 10.1. The molecule has 0 aromatic rings. The van der Waals surface area contributed by atoms with Gasteiger partial charge in [-0.1, -0.05) is 117 Å². The van der Waals surface area contributed by atoms with Crippen LogP contribution in [-0.4, -0.2) is 37.0 Å². The maximum atomic E-state index is 12.3.